The van der Waals surface area contributed by atoms with E-state index in [1.54, 1.807) is 24.3 Å². The summed E-state index contributed by atoms with van der Waals surface area (Å²) in [4.78, 5) is 53.2. The summed E-state index contributed by atoms with van der Waals surface area (Å²) in [6.45, 7) is -0.124. The Morgan fingerprint density at radius 2 is 1.88 bits per heavy atom. The van der Waals surface area contributed by atoms with Gasteiger partial charge in [0.25, 0.3) is 0 Å². The molecule has 1 saturated carbocycles. The lowest BCUT2D eigenvalue weighted by atomic mass is 9.80. The standard InChI is InChI=1S/C27H23F4N5O4/c28-15-7-8-20(18(10-15)27(29,30)31)33-22(37)23(38)34-21(9-14-5-6-14)24(39)36-13-26(11-16(36)12-32)17-3-1-2-4-19(17)35-25(26)40/h1-4,7-8,10,14,16,21H,5-6,9,11,13H2,(H,33,37)(H,34,38)(H,35,40)/t16-,21-,26-/m0/s1. The zero-order valence-electron chi connectivity index (χ0n) is 20.8. The van der Waals surface area contributed by atoms with Crippen LogP contribution in [-0.2, 0) is 30.8 Å². The Kier molecular flexibility index (Phi) is 6.73. The molecule has 1 saturated heterocycles. The first-order chi connectivity index (χ1) is 18.9. The molecule has 1 aliphatic carbocycles. The van der Waals surface area contributed by atoms with Crippen molar-refractivity contribution < 1.29 is 36.7 Å². The summed E-state index contributed by atoms with van der Waals surface area (Å²) in [5.74, 6) is -5.00. The van der Waals surface area contributed by atoms with Crippen LogP contribution in [-0.4, -0.2) is 47.2 Å². The van der Waals surface area contributed by atoms with E-state index in [1.165, 1.54) is 4.90 Å². The number of alkyl halides is 3. The number of benzene rings is 2. The molecule has 3 aliphatic rings. The molecule has 0 unspecified atom stereocenters. The molecule has 13 heteroatoms. The van der Waals surface area contributed by atoms with Gasteiger partial charge in [0.1, 0.15) is 17.9 Å². The molecule has 3 N–H and O–H groups in total. The highest BCUT2D eigenvalue weighted by atomic mass is 19.4. The zero-order valence-corrected chi connectivity index (χ0v) is 20.8. The van der Waals surface area contributed by atoms with Gasteiger partial charge in [-0.3, -0.25) is 19.2 Å². The Bertz CT molecular complexity index is 1450. The summed E-state index contributed by atoms with van der Waals surface area (Å²) in [6.07, 6.45) is -3.27. The summed E-state index contributed by atoms with van der Waals surface area (Å²) in [6, 6.07) is 8.32. The largest absolute Gasteiger partial charge is 0.418 e. The highest BCUT2D eigenvalue weighted by molar-refractivity contribution is 6.40. The van der Waals surface area contributed by atoms with Crippen molar-refractivity contribution in [3.8, 4) is 6.07 Å². The maximum atomic E-state index is 13.7. The number of fused-ring (bicyclic) bond motifs is 2. The Morgan fingerprint density at radius 3 is 2.55 bits per heavy atom. The Balaban J connectivity index is 1.35. The minimum absolute atomic E-state index is 0.0352. The quantitative estimate of drug-likeness (QED) is 0.384. The van der Waals surface area contributed by atoms with Gasteiger partial charge in [-0.05, 0) is 42.2 Å². The van der Waals surface area contributed by atoms with Crippen LogP contribution in [0.25, 0.3) is 0 Å². The van der Waals surface area contributed by atoms with Gasteiger partial charge in [0.15, 0.2) is 0 Å². The number of anilines is 2. The minimum atomic E-state index is -5.01. The number of carbonyl (C=O) groups is 4. The van der Waals surface area contributed by atoms with Crippen molar-refractivity contribution in [1.82, 2.24) is 10.2 Å². The maximum absolute atomic E-state index is 13.7. The molecular weight excluding hydrogens is 534 g/mol. The van der Waals surface area contributed by atoms with Crippen LogP contribution in [0.4, 0.5) is 28.9 Å². The number of para-hydroxylation sites is 1. The number of hydrogen-bond acceptors (Lipinski definition) is 5. The third kappa shape index (κ3) is 4.97. The molecule has 40 heavy (non-hydrogen) atoms. The van der Waals surface area contributed by atoms with Gasteiger partial charge >= 0.3 is 18.0 Å². The van der Waals surface area contributed by atoms with Gasteiger partial charge in [-0.2, -0.15) is 18.4 Å². The van der Waals surface area contributed by atoms with Crippen molar-refractivity contribution in [2.45, 2.75) is 49.4 Å². The van der Waals surface area contributed by atoms with Crippen LogP contribution in [0.5, 0.6) is 0 Å². The number of hydrogen-bond donors (Lipinski definition) is 3. The molecule has 1 spiro atoms. The lowest BCUT2D eigenvalue weighted by Crippen LogP contribution is -2.53. The average molecular weight is 558 g/mol. The van der Waals surface area contributed by atoms with Gasteiger partial charge in [-0.1, -0.05) is 31.0 Å². The number of nitrogens with one attached hydrogen (secondary N) is 3. The molecule has 4 amide bonds. The molecule has 9 nitrogen and oxygen atoms in total. The minimum Gasteiger partial charge on any atom is -0.336 e. The normalized spacial score (nSPS) is 22.3. The van der Waals surface area contributed by atoms with Crippen molar-refractivity contribution in [1.29, 1.82) is 5.26 Å². The predicted octanol–water partition coefficient (Wildman–Crippen LogP) is 3.08. The van der Waals surface area contributed by atoms with Crippen LogP contribution in [0.2, 0.25) is 0 Å². The SMILES string of the molecule is N#C[C@@H]1C[C@@]2(CN1C(=O)[C@H](CC1CC1)NC(=O)C(=O)Nc1ccc(F)cc1C(F)(F)F)C(=O)Nc1ccccc12. The number of halogens is 4. The second kappa shape index (κ2) is 9.93. The van der Waals surface area contributed by atoms with Crippen LogP contribution in [0.3, 0.4) is 0 Å². The molecule has 2 aromatic carbocycles. The van der Waals surface area contributed by atoms with Gasteiger partial charge in [0, 0.05) is 18.7 Å². The van der Waals surface area contributed by atoms with Crippen molar-refractivity contribution in [2.75, 3.05) is 17.2 Å². The van der Waals surface area contributed by atoms with Crippen molar-refractivity contribution in [3.05, 3.63) is 59.4 Å². The number of nitrogens with zero attached hydrogens (tertiary/aromatic N) is 2. The predicted molar refractivity (Wildman–Crippen MR) is 132 cm³/mol. The third-order valence-electron chi connectivity index (χ3n) is 7.53. The molecule has 2 aliphatic heterocycles. The van der Waals surface area contributed by atoms with Crippen LogP contribution in [0.15, 0.2) is 42.5 Å². The van der Waals surface area contributed by atoms with Gasteiger partial charge in [0.2, 0.25) is 11.8 Å². The molecular formula is C27H23F4N5O4. The first-order valence-corrected chi connectivity index (χ1v) is 12.5. The fourth-order valence-corrected chi connectivity index (χ4v) is 5.36. The molecule has 0 radical (unpaired) electrons. The number of amides is 4. The fraction of sp³-hybridized carbons (Fsp3) is 0.370. The van der Waals surface area contributed by atoms with Crippen LogP contribution in [0.1, 0.15) is 36.8 Å². The molecule has 2 fully saturated rings. The van der Waals surface area contributed by atoms with E-state index >= 15 is 0 Å². The molecule has 0 bridgehead atoms. The van der Waals surface area contributed by atoms with Crippen LogP contribution >= 0.6 is 0 Å². The summed E-state index contributed by atoms with van der Waals surface area (Å²) in [5, 5.41) is 16.8. The van der Waals surface area contributed by atoms with E-state index in [1.807, 2.05) is 5.32 Å². The number of carbonyl (C=O) groups excluding carboxylic acids is 4. The lowest BCUT2D eigenvalue weighted by molar-refractivity contribution is -0.140. The van der Waals surface area contributed by atoms with E-state index < -0.39 is 58.5 Å². The fourth-order valence-electron chi connectivity index (χ4n) is 5.36. The highest BCUT2D eigenvalue weighted by Gasteiger charge is 2.56. The van der Waals surface area contributed by atoms with Gasteiger partial charge in [-0.15, -0.1) is 0 Å². The molecule has 0 aromatic heterocycles. The highest BCUT2D eigenvalue weighted by Crippen LogP contribution is 2.46. The van der Waals surface area contributed by atoms with Crippen LogP contribution in [0, 0.1) is 23.1 Å². The number of likely N-dealkylation sites (tertiary alicyclic amines) is 1. The number of rotatable bonds is 5. The Labute approximate surface area is 225 Å². The van der Waals surface area contributed by atoms with E-state index in [0.29, 0.717) is 23.4 Å². The van der Waals surface area contributed by atoms with E-state index in [0.717, 1.165) is 12.8 Å². The molecule has 2 aromatic rings. The molecule has 5 rings (SSSR count). The van der Waals surface area contributed by atoms with Crippen molar-refractivity contribution >= 4 is 35.0 Å². The van der Waals surface area contributed by atoms with E-state index in [2.05, 4.69) is 16.7 Å². The lowest BCUT2D eigenvalue weighted by Gasteiger charge is -2.27. The molecule has 3 atom stereocenters. The second-order valence-electron chi connectivity index (χ2n) is 10.2. The van der Waals surface area contributed by atoms with Crippen molar-refractivity contribution in [2.24, 2.45) is 5.92 Å². The number of nitriles is 1. The van der Waals surface area contributed by atoms with E-state index in [4.69, 9.17) is 0 Å². The first-order valence-electron chi connectivity index (χ1n) is 12.5. The topological polar surface area (TPSA) is 131 Å². The second-order valence-corrected chi connectivity index (χ2v) is 10.2. The maximum Gasteiger partial charge on any atom is 0.418 e. The van der Waals surface area contributed by atoms with Gasteiger partial charge in [-0.25, -0.2) is 4.39 Å². The van der Waals surface area contributed by atoms with E-state index in [9.17, 15) is 42.0 Å². The summed E-state index contributed by atoms with van der Waals surface area (Å²) >= 11 is 0. The van der Waals surface area contributed by atoms with Crippen molar-refractivity contribution in [3.63, 3.8) is 0 Å². The molecule has 208 valence electrons. The Morgan fingerprint density at radius 1 is 1.15 bits per heavy atom. The van der Waals surface area contributed by atoms with Gasteiger partial charge in [0.05, 0.1) is 22.7 Å². The smallest absolute Gasteiger partial charge is 0.336 e. The summed E-state index contributed by atoms with van der Waals surface area (Å²) < 4.78 is 53.3. The monoisotopic (exact) mass is 557 g/mol. The Hall–Kier alpha value is -4.47. The molecule has 2 heterocycles. The first kappa shape index (κ1) is 27.1. The zero-order chi connectivity index (χ0) is 28.8. The third-order valence-corrected chi connectivity index (χ3v) is 7.53. The van der Waals surface area contributed by atoms with Crippen LogP contribution < -0.4 is 16.0 Å². The summed E-state index contributed by atoms with van der Waals surface area (Å²) in [7, 11) is 0. The average Bonchev–Trinajstić information content (AvgIpc) is 3.58. The van der Waals surface area contributed by atoms with Gasteiger partial charge < -0.3 is 20.9 Å². The van der Waals surface area contributed by atoms with E-state index in [-0.39, 0.29) is 37.3 Å². The summed E-state index contributed by atoms with van der Waals surface area (Å²) in [5.41, 5.74) is -2.23.